The number of anilines is 3. The number of nitrogens with zero attached hydrogens (tertiary/aromatic N) is 3. The van der Waals surface area contributed by atoms with Gasteiger partial charge >= 0.3 is 0 Å². The zero-order valence-corrected chi connectivity index (χ0v) is 20.7. The maximum Gasteiger partial charge on any atom is 0.243 e. The number of piperidine rings is 1. The van der Waals surface area contributed by atoms with Gasteiger partial charge in [-0.05, 0) is 56.0 Å². The predicted molar refractivity (Wildman–Crippen MR) is 136 cm³/mol. The van der Waals surface area contributed by atoms with E-state index in [2.05, 4.69) is 27.5 Å². The molecule has 0 bridgehead atoms. The maximum atomic E-state index is 13.3. The SMILES string of the molecule is CCC1CCC(C)N(S(=O)(=O)c2ccc(Nc3ncc4c(n3)-c3ccccc3NC(=O)C4)cc2)C1. The second kappa shape index (κ2) is 9.39. The lowest BCUT2D eigenvalue weighted by Crippen LogP contribution is -2.45. The number of carbonyl (C=O) groups excluding carboxylic acids is 1. The van der Waals surface area contributed by atoms with Gasteiger partial charge in [0.1, 0.15) is 0 Å². The van der Waals surface area contributed by atoms with Crippen LogP contribution in [0, 0.1) is 5.92 Å². The highest BCUT2D eigenvalue weighted by atomic mass is 32.2. The molecule has 2 unspecified atom stereocenters. The van der Waals surface area contributed by atoms with E-state index < -0.39 is 10.0 Å². The van der Waals surface area contributed by atoms with E-state index in [-0.39, 0.29) is 23.3 Å². The Bertz CT molecular complexity index is 1360. The van der Waals surface area contributed by atoms with Gasteiger partial charge in [0, 0.05) is 35.6 Å². The summed E-state index contributed by atoms with van der Waals surface area (Å²) in [5.74, 6) is 0.674. The van der Waals surface area contributed by atoms with Crippen molar-refractivity contribution in [3.63, 3.8) is 0 Å². The first-order chi connectivity index (χ1) is 16.8. The van der Waals surface area contributed by atoms with E-state index in [4.69, 9.17) is 0 Å². The molecule has 0 aliphatic carbocycles. The third-order valence-corrected chi connectivity index (χ3v) is 8.88. The lowest BCUT2D eigenvalue weighted by molar-refractivity contribution is -0.115. The van der Waals surface area contributed by atoms with Crippen LogP contribution in [-0.4, -0.2) is 41.2 Å². The normalized spacial score (nSPS) is 20.3. The van der Waals surface area contributed by atoms with E-state index in [9.17, 15) is 13.2 Å². The summed E-state index contributed by atoms with van der Waals surface area (Å²) >= 11 is 0. The van der Waals surface area contributed by atoms with Crippen molar-refractivity contribution in [2.45, 2.75) is 50.5 Å². The first kappa shape index (κ1) is 23.4. The summed E-state index contributed by atoms with van der Waals surface area (Å²) < 4.78 is 28.3. The molecule has 2 aliphatic heterocycles. The number of carbonyl (C=O) groups is 1. The van der Waals surface area contributed by atoms with Gasteiger partial charge < -0.3 is 10.6 Å². The van der Waals surface area contributed by atoms with Crippen LogP contribution in [0.3, 0.4) is 0 Å². The standard InChI is InChI=1S/C26H29N5O3S/c1-3-18-9-8-17(2)31(16-18)35(33,34)21-12-10-20(11-13-21)28-26-27-15-19-14-24(32)29-23-7-5-4-6-22(23)25(19)30-26/h4-7,10-13,15,17-18H,3,8-9,14,16H2,1-2H3,(H,29,32)(H,27,28,30). The van der Waals surface area contributed by atoms with Gasteiger partial charge in [-0.2, -0.15) is 4.31 Å². The van der Waals surface area contributed by atoms with Crippen molar-refractivity contribution >= 4 is 33.3 Å². The Morgan fingerprint density at radius 2 is 1.89 bits per heavy atom. The van der Waals surface area contributed by atoms with Gasteiger partial charge in [-0.25, -0.2) is 18.4 Å². The number of hydrogen-bond donors (Lipinski definition) is 2. The number of rotatable bonds is 5. The predicted octanol–water partition coefficient (Wildman–Crippen LogP) is 4.58. The molecule has 0 radical (unpaired) electrons. The summed E-state index contributed by atoms with van der Waals surface area (Å²) in [4.78, 5) is 21.6. The van der Waals surface area contributed by atoms with E-state index in [1.54, 1.807) is 34.8 Å². The number of para-hydroxylation sites is 1. The van der Waals surface area contributed by atoms with E-state index >= 15 is 0 Å². The average molecular weight is 492 g/mol. The van der Waals surface area contributed by atoms with Crippen LogP contribution in [0.25, 0.3) is 11.3 Å². The fourth-order valence-electron chi connectivity index (χ4n) is 4.79. The molecule has 1 fully saturated rings. The van der Waals surface area contributed by atoms with Crippen LogP contribution < -0.4 is 10.6 Å². The van der Waals surface area contributed by atoms with Crippen molar-refractivity contribution in [2.24, 2.45) is 5.92 Å². The van der Waals surface area contributed by atoms with Gasteiger partial charge in [0.2, 0.25) is 21.9 Å². The van der Waals surface area contributed by atoms with Crippen LogP contribution in [0.5, 0.6) is 0 Å². The Morgan fingerprint density at radius 3 is 2.66 bits per heavy atom. The van der Waals surface area contributed by atoms with Crippen molar-refractivity contribution < 1.29 is 13.2 Å². The second-order valence-electron chi connectivity index (χ2n) is 9.26. The molecule has 0 saturated carbocycles. The zero-order chi connectivity index (χ0) is 24.6. The van der Waals surface area contributed by atoms with Gasteiger partial charge in [-0.3, -0.25) is 4.79 Å². The smallest absolute Gasteiger partial charge is 0.243 e. The van der Waals surface area contributed by atoms with Gasteiger partial charge in [0.05, 0.1) is 22.7 Å². The van der Waals surface area contributed by atoms with E-state index in [0.717, 1.165) is 30.4 Å². The van der Waals surface area contributed by atoms with Crippen LogP contribution in [0.4, 0.5) is 17.3 Å². The van der Waals surface area contributed by atoms with Gasteiger partial charge in [0.15, 0.2) is 0 Å². The summed E-state index contributed by atoms with van der Waals surface area (Å²) in [6.45, 7) is 4.67. The highest BCUT2D eigenvalue weighted by Crippen LogP contribution is 2.33. The quantitative estimate of drug-likeness (QED) is 0.541. The topological polar surface area (TPSA) is 104 Å². The van der Waals surface area contributed by atoms with Gasteiger partial charge in [-0.1, -0.05) is 31.5 Å². The van der Waals surface area contributed by atoms with Crippen LogP contribution >= 0.6 is 0 Å². The van der Waals surface area contributed by atoms with Crippen molar-refractivity contribution in [1.29, 1.82) is 0 Å². The minimum absolute atomic E-state index is 0.00201. The lowest BCUT2D eigenvalue weighted by atomic mass is 9.93. The molecule has 2 aliphatic rings. The molecule has 3 aromatic rings. The molecule has 182 valence electrons. The Balaban J connectivity index is 1.38. The molecular formula is C26H29N5O3S. The number of amides is 1. The second-order valence-corrected chi connectivity index (χ2v) is 11.2. The molecule has 35 heavy (non-hydrogen) atoms. The van der Waals surface area contributed by atoms with Crippen molar-refractivity contribution in [3.8, 4) is 11.3 Å². The van der Waals surface area contributed by atoms with Crippen molar-refractivity contribution in [3.05, 3.63) is 60.3 Å². The summed E-state index contributed by atoms with van der Waals surface area (Å²) in [6, 6.07) is 14.2. The van der Waals surface area contributed by atoms with Crippen LogP contribution in [0.15, 0.2) is 59.6 Å². The molecule has 2 aromatic carbocycles. The molecule has 2 atom stereocenters. The number of benzene rings is 2. The number of hydrogen-bond acceptors (Lipinski definition) is 6. The minimum atomic E-state index is -3.56. The fourth-order valence-corrected chi connectivity index (χ4v) is 6.52. The summed E-state index contributed by atoms with van der Waals surface area (Å²) in [5.41, 5.74) is 3.67. The highest BCUT2D eigenvalue weighted by molar-refractivity contribution is 7.89. The van der Waals surface area contributed by atoms with E-state index in [1.807, 2.05) is 31.2 Å². The van der Waals surface area contributed by atoms with Crippen LogP contribution in [0.1, 0.15) is 38.7 Å². The lowest BCUT2D eigenvalue weighted by Gasteiger charge is -2.36. The summed E-state index contributed by atoms with van der Waals surface area (Å²) in [6.07, 6.45) is 4.80. The zero-order valence-electron chi connectivity index (χ0n) is 19.9. The number of fused-ring (bicyclic) bond motifs is 3. The summed E-state index contributed by atoms with van der Waals surface area (Å²) in [5, 5.41) is 6.07. The van der Waals surface area contributed by atoms with E-state index in [0.29, 0.717) is 35.5 Å². The van der Waals surface area contributed by atoms with Crippen LogP contribution in [0.2, 0.25) is 0 Å². The Morgan fingerprint density at radius 1 is 1.11 bits per heavy atom. The third-order valence-electron chi connectivity index (χ3n) is 6.89. The average Bonchev–Trinajstić information content (AvgIpc) is 3.00. The first-order valence-corrected chi connectivity index (χ1v) is 13.4. The highest BCUT2D eigenvalue weighted by Gasteiger charge is 2.34. The molecule has 3 heterocycles. The fraction of sp³-hybridized carbons (Fsp3) is 0.346. The molecule has 5 rings (SSSR count). The van der Waals surface area contributed by atoms with E-state index in [1.165, 1.54) is 0 Å². The van der Waals surface area contributed by atoms with Crippen LogP contribution in [-0.2, 0) is 21.2 Å². The van der Waals surface area contributed by atoms with Gasteiger partial charge in [0.25, 0.3) is 0 Å². The molecule has 2 N–H and O–H groups in total. The Kier molecular flexibility index (Phi) is 6.29. The number of sulfonamides is 1. The van der Waals surface area contributed by atoms with Crippen molar-refractivity contribution in [2.75, 3.05) is 17.2 Å². The third kappa shape index (κ3) is 4.66. The summed E-state index contributed by atoms with van der Waals surface area (Å²) in [7, 11) is -3.56. The molecule has 1 amide bonds. The Labute approximate surface area is 205 Å². The molecule has 8 nitrogen and oxygen atoms in total. The molecule has 1 saturated heterocycles. The monoisotopic (exact) mass is 491 g/mol. The Hall–Kier alpha value is -3.30. The molecule has 0 spiro atoms. The van der Waals surface area contributed by atoms with Gasteiger partial charge in [-0.15, -0.1) is 0 Å². The number of aromatic nitrogens is 2. The minimum Gasteiger partial charge on any atom is -0.325 e. The first-order valence-electron chi connectivity index (χ1n) is 12.0. The molecule has 9 heteroatoms. The molecule has 1 aromatic heterocycles. The molecular weight excluding hydrogens is 462 g/mol. The maximum absolute atomic E-state index is 13.3. The van der Waals surface area contributed by atoms with Crippen molar-refractivity contribution in [1.82, 2.24) is 14.3 Å². The number of nitrogens with one attached hydrogen (secondary N) is 2. The largest absolute Gasteiger partial charge is 0.325 e.